The van der Waals surface area contributed by atoms with Crippen molar-refractivity contribution < 1.29 is 33.7 Å². The van der Waals surface area contributed by atoms with Crippen LogP contribution in [0.25, 0.3) is 11.5 Å². The van der Waals surface area contributed by atoms with Gasteiger partial charge in [0.15, 0.2) is 6.10 Å². The van der Waals surface area contributed by atoms with Gasteiger partial charge in [-0.1, -0.05) is 24.3 Å². The van der Waals surface area contributed by atoms with Crippen LogP contribution in [0.1, 0.15) is 28.1 Å². The van der Waals surface area contributed by atoms with Crippen molar-refractivity contribution in [2.45, 2.75) is 38.8 Å². The summed E-state index contributed by atoms with van der Waals surface area (Å²) in [7, 11) is 1.35. The predicted octanol–water partition coefficient (Wildman–Crippen LogP) is 3.95. The van der Waals surface area contributed by atoms with Gasteiger partial charge in [0.25, 0.3) is 0 Å². The number of oxazole rings is 1. The molecule has 1 unspecified atom stereocenters. The average Bonchev–Trinajstić information content (AvgIpc) is 3.23. The number of rotatable bonds is 9. The first-order valence-electron chi connectivity index (χ1n) is 11.4. The van der Waals surface area contributed by atoms with Gasteiger partial charge < -0.3 is 29.0 Å². The largest absolute Gasteiger partial charge is 0.493 e. The number of carboxylic acid groups (broad SMARTS) is 2. The van der Waals surface area contributed by atoms with Gasteiger partial charge >= 0.3 is 12.1 Å². The maximum Gasteiger partial charge on any atom is 0.407 e. The number of nitrogens with zero attached hydrogens (tertiary/aromatic N) is 2. The van der Waals surface area contributed by atoms with E-state index in [1.54, 1.807) is 6.07 Å². The fourth-order valence-electron chi connectivity index (χ4n) is 4.29. The van der Waals surface area contributed by atoms with Crippen molar-refractivity contribution in [3.05, 3.63) is 70.6 Å². The van der Waals surface area contributed by atoms with Crippen molar-refractivity contribution in [1.29, 1.82) is 0 Å². The minimum atomic E-state index is -1.06. The predicted molar refractivity (Wildman–Crippen MR) is 127 cm³/mol. The Labute approximate surface area is 202 Å². The summed E-state index contributed by atoms with van der Waals surface area (Å²) in [6.45, 7) is 2.76. The maximum absolute atomic E-state index is 11.6. The Morgan fingerprint density at radius 1 is 1.14 bits per heavy atom. The maximum atomic E-state index is 11.6. The van der Waals surface area contributed by atoms with E-state index in [0.29, 0.717) is 37.6 Å². The normalized spacial score (nSPS) is 13.8. The van der Waals surface area contributed by atoms with E-state index in [1.807, 2.05) is 43.3 Å². The SMILES string of the molecule is COC(Cc1ccc(OCCc2nc(-c3ccccc3)oc2C)c2c1CN(C(=O)O)CC2)C(=O)O. The fraction of sp³-hybridized carbons (Fsp3) is 0.346. The summed E-state index contributed by atoms with van der Waals surface area (Å²) >= 11 is 0. The number of hydrogen-bond donors (Lipinski definition) is 2. The average molecular weight is 481 g/mol. The summed E-state index contributed by atoms with van der Waals surface area (Å²) in [5, 5.41) is 18.9. The number of aryl methyl sites for hydroxylation is 1. The van der Waals surface area contributed by atoms with E-state index in [1.165, 1.54) is 12.0 Å². The Hall–Kier alpha value is -3.85. The number of ether oxygens (including phenoxy) is 2. The van der Waals surface area contributed by atoms with Gasteiger partial charge in [0.05, 0.1) is 12.3 Å². The number of fused-ring (bicyclic) bond motifs is 1. The van der Waals surface area contributed by atoms with Crippen molar-refractivity contribution in [3.8, 4) is 17.2 Å². The Morgan fingerprint density at radius 2 is 1.91 bits per heavy atom. The quantitative estimate of drug-likeness (QED) is 0.472. The Bertz CT molecular complexity index is 1210. The number of amides is 1. The van der Waals surface area contributed by atoms with Crippen molar-refractivity contribution >= 4 is 12.1 Å². The van der Waals surface area contributed by atoms with Crippen molar-refractivity contribution in [2.75, 3.05) is 20.3 Å². The van der Waals surface area contributed by atoms with Crippen LogP contribution in [-0.2, 0) is 35.3 Å². The highest BCUT2D eigenvalue weighted by atomic mass is 16.5. The number of aliphatic carboxylic acids is 1. The molecular weight excluding hydrogens is 452 g/mol. The second-order valence-electron chi connectivity index (χ2n) is 8.39. The van der Waals surface area contributed by atoms with Crippen LogP contribution >= 0.6 is 0 Å². The van der Waals surface area contributed by atoms with Crippen LogP contribution < -0.4 is 4.74 Å². The number of carbonyl (C=O) groups is 2. The molecule has 0 bridgehead atoms. The summed E-state index contributed by atoms with van der Waals surface area (Å²) in [5.74, 6) is 0.911. The summed E-state index contributed by atoms with van der Waals surface area (Å²) in [4.78, 5) is 29.0. The molecule has 1 aromatic heterocycles. The van der Waals surface area contributed by atoms with E-state index in [4.69, 9.17) is 13.9 Å². The van der Waals surface area contributed by atoms with Gasteiger partial charge in [-0.15, -0.1) is 0 Å². The highest BCUT2D eigenvalue weighted by molar-refractivity contribution is 5.73. The van der Waals surface area contributed by atoms with E-state index in [2.05, 4.69) is 4.98 Å². The van der Waals surface area contributed by atoms with Gasteiger partial charge in [-0.3, -0.25) is 0 Å². The topological polar surface area (TPSA) is 122 Å². The lowest BCUT2D eigenvalue weighted by atomic mass is 9.91. The van der Waals surface area contributed by atoms with Crippen molar-refractivity contribution in [3.63, 3.8) is 0 Å². The second kappa shape index (κ2) is 10.6. The van der Waals surface area contributed by atoms with Crippen LogP contribution in [0.2, 0.25) is 0 Å². The van der Waals surface area contributed by atoms with Gasteiger partial charge in [-0.25, -0.2) is 14.6 Å². The zero-order valence-corrected chi connectivity index (χ0v) is 19.7. The molecule has 0 saturated heterocycles. The highest BCUT2D eigenvalue weighted by Crippen LogP contribution is 2.32. The molecule has 2 heterocycles. The Kier molecular flexibility index (Phi) is 7.36. The molecule has 1 aliphatic heterocycles. The molecule has 4 rings (SSSR count). The molecule has 3 aromatic rings. The molecule has 1 atom stereocenters. The molecule has 0 saturated carbocycles. The molecule has 1 amide bonds. The summed E-state index contributed by atoms with van der Waals surface area (Å²) in [6.07, 6.45) is -0.853. The lowest BCUT2D eigenvalue weighted by Crippen LogP contribution is -2.36. The smallest absolute Gasteiger partial charge is 0.407 e. The minimum Gasteiger partial charge on any atom is -0.493 e. The first kappa shape index (κ1) is 24.3. The van der Waals surface area contributed by atoms with Gasteiger partial charge in [-0.2, -0.15) is 0 Å². The first-order chi connectivity index (χ1) is 16.9. The van der Waals surface area contributed by atoms with E-state index < -0.39 is 18.2 Å². The molecule has 9 heteroatoms. The van der Waals surface area contributed by atoms with Gasteiger partial charge in [-0.05, 0) is 42.7 Å². The minimum absolute atomic E-state index is 0.141. The summed E-state index contributed by atoms with van der Waals surface area (Å²) in [5.41, 5.74) is 4.15. The highest BCUT2D eigenvalue weighted by Gasteiger charge is 2.27. The van der Waals surface area contributed by atoms with Crippen LogP contribution in [-0.4, -0.2) is 58.5 Å². The van der Waals surface area contributed by atoms with E-state index in [0.717, 1.165) is 33.7 Å². The summed E-state index contributed by atoms with van der Waals surface area (Å²) in [6, 6.07) is 13.3. The Morgan fingerprint density at radius 3 is 2.60 bits per heavy atom. The number of methoxy groups -OCH3 is 1. The van der Waals surface area contributed by atoms with Crippen LogP contribution in [0.15, 0.2) is 46.9 Å². The molecule has 0 aliphatic carbocycles. The molecule has 184 valence electrons. The molecule has 0 fully saturated rings. The molecule has 2 aromatic carbocycles. The third-order valence-corrected chi connectivity index (χ3v) is 6.21. The van der Waals surface area contributed by atoms with E-state index in [9.17, 15) is 19.8 Å². The van der Waals surface area contributed by atoms with Crippen molar-refractivity contribution in [2.24, 2.45) is 0 Å². The molecular formula is C26H28N2O7. The standard InChI is InChI=1S/C26H28N2O7/c1-16-21(27-24(35-16)17-6-4-3-5-7-17)11-13-34-22-9-8-18(14-23(33-2)25(29)30)20-15-28(26(31)32)12-10-19(20)22/h3-9,23H,10-15H2,1-2H3,(H,29,30)(H,31,32). The molecule has 1 aliphatic rings. The zero-order chi connectivity index (χ0) is 24.9. The van der Waals surface area contributed by atoms with Crippen LogP contribution in [0.4, 0.5) is 4.79 Å². The van der Waals surface area contributed by atoms with Gasteiger partial charge in [0.2, 0.25) is 5.89 Å². The number of benzene rings is 2. The third-order valence-electron chi connectivity index (χ3n) is 6.21. The first-order valence-corrected chi connectivity index (χ1v) is 11.4. The monoisotopic (exact) mass is 480 g/mol. The van der Waals surface area contributed by atoms with Gasteiger partial charge in [0.1, 0.15) is 11.5 Å². The fourth-order valence-corrected chi connectivity index (χ4v) is 4.29. The number of carboxylic acids is 1. The summed E-state index contributed by atoms with van der Waals surface area (Å²) < 4.78 is 17.0. The molecule has 9 nitrogen and oxygen atoms in total. The Balaban J connectivity index is 1.51. The third kappa shape index (κ3) is 5.46. The van der Waals surface area contributed by atoms with Crippen LogP contribution in [0.5, 0.6) is 5.75 Å². The van der Waals surface area contributed by atoms with Crippen LogP contribution in [0.3, 0.4) is 0 Å². The molecule has 0 spiro atoms. The number of aromatic nitrogens is 1. The lowest BCUT2D eigenvalue weighted by molar-refractivity contribution is -0.148. The van der Waals surface area contributed by atoms with Crippen LogP contribution in [0, 0.1) is 6.92 Å². The molecule has 0 radical (unpaired) electrons. The molecule has 35 heavy (non-hydrogen) atoms. The van der Waals surface area contributed by atoms with E-state index in [-0.39, 0.29) is 13.0 Å². The lowest BCUT2D eigenvalue weighted by Gasteiger charge is -2.30. The van der Waals surface area contributed by atoms with Crippen molar-refractivity contribution in [1.82, 2.24) is 9.88 Å². The van der Waals surface area contributed by atoms with E-state index >= 15 is 0 Å². The number of hydrogen-bond acceptors (Lipinski definition) is 6. The second-order valence-corrected chi connectivity index (χ2v) is 8.39. The zero-order valence-electron chi connectivity index (χ0n) is 19.7. The molecule has 2 N–H and O–H groups in total. The van der Waals surface area contributed by atoms with Gasteiger partial charge in [0, 0.05) is 44.2 Å².